The molecule has 5 heteroatoms. The summed E-state index contributed by atoms with van der Waals surface area (Å²) in [5.74, 6) is 0. The van der Waals surface area contributed by atoms with E-state index in [1.165, 1.54) is 0 Å². The SMILES string of the molecule is CCCC(C)(C)NS(=O)(=O)O. The molecule has 0 aliphatic carbocycles. The van der Waals surface area contributed by atoms with Crippen molar-refractivity contribution in [1.29, 1.82) is 0 Å². The van der Waals surface area contributed by atoms with Crippen molar-refractivity contribution in [1.82, 2.24) is 4.72 Å². The van der Waals surface area contributed by atoms with Gasteiger partial charge in [-0.25, -0.2) is 0 Å². The van der Waals surface area contributed by atoms with E-state index >= 15 is 0 Å². The lowest BCUT2D eigenvalue weighted by atomic mass is 10.0. The summed E-state index contributed by atoms with van der Waals surface area (Å²) in [6.07, 6.45) is 1.57. The molecule has 0 rings (SSSR count). The third-order valence-corrected chi connectivity index (χ3v) is 2.09. The first-order valence-corrected chi connectivity index (χ1v) is 4.97. The molecule has 11 heavy (non-hydrogen) atoms. The molecular weight excluding hydrogens is 166 g/mol. The van der Waals surface area contributed by atoms with Gasteiger partial charge in [0.15, 0.2) is 0 Å². The Bertz CT molecular complexity index is 208. The van der Waals surface area contributed by atoms with E-state index in [0.717, 1.165) is 6.42 Å². The first-order valence-electron chi connectivity index (χ1n) is 3.53. The summed E-state index contributed by atoms with van der Waals surface area (Å²) in [4.78, 5) is 0. The van der Waals surface area contributed by atoms with Crippen LogP contribution in [0, 0.1) is 0 Å². The lowest BCUT2D eigenvalue weighted by Gasteiger charge is -2.22. The lowest BCUT2D eigenvalue weighted by molar-refractivity contribution is 0.384. The highest BCUT2D eigenvalue weighted by Crippen LogP contribution is 2.11. The Morgan fingerprint density at radius 3 is 2.18 bits per heavy atom. The van der Waals surface area contributed by atoms with Crippen molar-refractivity contribution in [3.8, 4) is 0 Å². The maximum atomic E-state index is 10.4. The van der Waals surface area contributed by atoms with Crippen molar-refractivity contribution in [3.63, 3.8) is 0 Å². The van der Waals surface area contributed by atoms with Crippen LogP contribution in [0.15, 0.2) is 0 Å². The van der Waals surface area contributed by atoms with Crippen LogP contribution in [0.4, 0.5) is 0 Å². The second kappa shape index (κ2) is 3.51. The highest BCUT2D eigenvalue weighted by atomic mass is 32.2. The van der Waals surface area contributed by atoms with Gasteiger partial charge in [0.05, 0.1) is 0 Å². The molecule has 0 saturated heterocycles. The van der Waals surface area contributed by atoms with Crippen LogP contribution < -0.4 is 4.72 Å². The normalized spacial score (nSPS) is 13.5. The minimum absolute atomic E-state index is 0.553. The van der Waals surface area contributed by atoms with Crippen molar-refractivity contribution in [2.24, 2.45) is 0 Å². The van der Waals surface area contributed by atoms with Crippen LogP contribution in [0.25, 0.3) is 0 Å². The molecule has 0 saturated carbocycles. The van der Waals surface area contributed by atoms with Crippen molar-refractivity contribution >= 4 is 10.3 Å². The van der Waals surface area contributed by atoms with Crippen LogP contribution in [0.3, 0.4) is 0 Å². The molecule has 0 aliphatic rings. The van der Waals surface area contributed by atoms with Crippen LogP contribution in [0.5, 0.6) is 0 Å². The summed E-state index contributed by atoms with van der Waals surface area (Å²) in [5, 5.41) is 0. The fourth-order valence-electron chi connectivity index (χ4n) is 1.03. The molecule has 0 aromatic carbocycles. The van der Waals surface area contributed by atoms with E-state index in [1.807, 2.05) is 6.92 Å². The molecule has 0 aliphatic heterocycles. The molecule has 0 atom stereocenters. The van der Waals surface area contributed by atoms with E-state index in [9.17, 15) is 8.42 Å². The second-order valence-electron chi connectivity index (χ2n) is 3.21. The molecule has 4 nitrogen and oxygen atoms in total. The zero-order chi connectivity index (χ0) is 9.12. The Morgan fingerprint density at radius 1 is 1.45 bits per heavy atom. The number of rotatable bonds is 4. The van der Waals surface area contributed by atoms with E-state index in [4.69, 9.17) is 4.55 Å². The average molecular weight is 181 g/mol. The zero-order valence-electron chi connectivity index (χ0n) is 7.09. The predicted molar refractivity (Wildman–Crippen MR) is 43.7 cm³/mol. The second-order valence-corrected chi connectivity index (χ2v) is 4.37. The first-order chi connectivity index (χ1) is 4.77. The number of hydrogen-bond donors (Lipinski definition) is 2. The van der Waals surface area contributed by atoms with Crippen LogP contribution in [-0.2, 0) is 10.3 Å². The quantitative estimate of drug-likeness (QED) is 0.635. The monoisotopic (exact) mass is 181 g/mol. The summed E-state index contributed by atoms with van der Waals surface area (Å²) >= 11 is 0. The summed E-state index contributed by atoms with van der Waals surface area (Å²) in [6.45, 7) is 5.40. The Labute approximate surface area is 67.9 Å². The van der Waals surface area contributed by atoms with Gasteiger partial charge in [-0.3, -0.25) is 4.55 Å². The predicted octanol–water partition coefficient (Wildman–Crippen LogP) is 0.958. The van der Waals surface area contributed by atoms with Gasteiger partial charge in [0.2, 0.25) is 0 Å². The molecule has 0 spiro atoms. The highest BCUT2D eigenvalue weighted by Gasteiger charge is 2.21. The van der Waals surface area contributed by atoms with Crippen molar-refractivity contribution in [2.75, 3.05) is 0 Å². The van der Waals surface area contributed by atoms with Crippen LogP contribution in [-0.4, -0.2) is 18.5 Å². The molecule has 0 unspecified atom stereocenters. The van der Waals surface area contributed by atoms with Crippen LogP contribution in [0.2, 0.25) is 0 Å². The summed E-state index contributed by atoms with van der Waals surface area (Å²) < 4.78 is 31.3. The largest absolute Gasteiger partial charge is 0.333 e. The van der Waals surface area contributed by atoms with Gasteiger partial charge in [-0.2, -0.15) is 13.1 Å². The average Bonchev–Trinajstić information content (AvgIpc) is 1.55. The molecule has 0 aromatic heterocycles. The smallest absolute Gasteiger partial charge is 0.273 e. The van der Waals surface area contributed by atoms with E-state index < -0.39 is 15.8 Å². The number of nitrogens with one attached hydrogen (secondary N) is 1. The van der Waals surface area contributed by atoms with E-state index in [1.54, 1.807) is 13.8 Å². The number of hydrogen-bond acceptors (Lipinski definition) is 2. The van der Waals surface area contributed by atoms with Gasteiger partial charge < -0.3 is 0 Å². The van der Waals surface area contributed by atoms with Crippen LogP contribution >= 0.6 is 0 Å². The topological polar surface area (TPSA) is 66.4 Å². The van der Waals surface area contributed by atoms with Gasteiger partial charge in [-0.1, -0.05) is 13.3 Å². The van der Waals surface area contributed by atoms with Gasteiger partial charge >= 0.3 is 10.3 Å². The van der Waals surface area contributed by atoms with E-state index in [0.29, 0.717) is 6.42 Å². The minimum Gasteiger partial charge on any atom is -0.273 e. The van der Waals surface area contributed by atoms with Gasteiger partial charge in [0.25, 0.3) is 0 Å². The molecule has 68 valence electrons. The zero-order valence-corrected chi connectivity index (χ0v) is 7.90. The molecule has 0 fully saturated rings. The maximum Gasteiger partial charge on any atom is 0.333 e. The summed E-state index contributed by atoms with van der Waals surface area (Å²) in [7, 11) is -4.05. The molecule has 2 N–H and O–H groups in total. The van der Waals surface area contributed by atoms with Gasteiger partial charge in [0.1, 0.15) is 0 Å². The van der Waals surface area contributed by atoms with E-state index in [-0.39, 0.29) is 0 Å². The van der Waals surface area contributed by atoms with Gasteiger partial charge in [-0.05, 0) is 20.3 Å². The van der Waals surface area contributed by atoms with Crippen molar-refractivity contribution in [3.05, 3.63) is 0 Å². The van der Waals surface area contributed by atoms with E-state index in [2.05, 4.69) is 4.72 Å². The van der Waals surface area contributed by atoms with Crippen molar-refractivity contribution in [2.45, 2.75) is 39.2 Å². The van der Waals surface area contributed by atoms with Crippen LogP contribution in [0.1, 0.15) is 33.6 Å². The lowest BCUT2D eigenvalue weighted by Crippen LogP contribution is -2.42. The van der Waals surface area contributed by atoms with Crippen molar-refractivity contribution < 1.29 is 13.0 Å². The Kier molecular flexibility index (Phi) is 3.47. The Morgan fingerprint density at radius 2 is 1.91 bits per heavy atom. The van der Waals surface area contributed by atoms with Gasteiger partial charge in [-0.15, -0.1) is 0 Å². The standard InChI is InChI=1S/C6H15NO3S/c1-4-5-6(2,3)7-11(8,9)10/h7H,4-5H2,1-3H3,(H,8,9,10). The van der Waals surface area contributed by atoms with Gasteiger partial charge in [0, 0.05) is 5.54 Å². The Hall–Kier alpha value is -0.130. The third-order valence-electron chi connectivity index (χ3n) is 1.28. The molecule has 0 heterocycles. The first kappa shape index (κ1) is 10.9. The molecular formula is C6H15NO3S. The minimum atomic E-state index is -4.05. The molecule has 0 amide bonds. The summed E-state index contributed by atoms with van der Waals surface area (Å²) in [5.41, 5.74) is -0.553. The Balaban J connectivity index is 4.13. The fraction of sp³-hybridized carbons (Fsp3) is 1.00. The maximum absolute atomic E-state index is 10.4. The summed E-state index contributed by atoms with van der Waals surface area (Å²) in [6, 6.07) is 0. The third kappa shape index (κ3) is 6.28. The molecule has 0 aromatic rings. The highest BCUT2D eigenvalue weighted by molar-refractivity contribution is 7.83. The molecule has 0 radical (unpaired) electrons. The molecule has 0 bridgehead atoms. The fourth-order valence-corrected chi connectivity index (χ4v) is 1.83.